The highest BCUT2D eigenvalue weighted by molar-refractivity contribution is 5.91. The van der Waals surface area contributed by atoms with Gasteiger partial charge in [0, 0.05) is 12.2 Å². The van der Waals surface area contributed by atoms with E-state index in [4.69, 9.17) is 4.74 Å². The SMILES string of the molecule is COC(=O)/C=C\C(=O)OC/C=C/C=C/C(C)C. The van der Waals surface area contributed by atoms with Crippen molar-refractivity contribution in [2.75, 3.05) is 13.7 Å². The van der Waals surface area contributed by atoms with Gasteiger partial charge in [0.25, 0.3) is 0 Å². The van der Waals surface area contributed by atoms with E-state index in [9.17, 15) is 9.59 Å². The number of rotatable bonds is 6. The van der Waals surface area contributed by atoms with Gasteiger partial charge in [0.05, 0.1) is 7.11 Å². The number of ether oxygens (including phenoxy) is 2. The van der Waals surface area contributed by atoms with Gasteiger partial charge >= 0.3 is 11.9 Å². The van der Waals surface area contributed by atoms with Gasteiger partial charge in [-0.25, -0.2) is 9.59 Å². The quantitative estimate of drug-likeness (QED) is 0.403. The maximum absolute atomic E-state index is 11.0. The average Bonchev–Trinajstić information content (AvgIpc) is 2.30. The molecule has 4 nitrogen and oxygen atoms in total. The fraction of sp³-hybridized carbons (Fsp3) is 0.385. The molecule has 0 aliphatic heterocycles. The lowest BCUT2D eigenvalue weighted by atomic mass is 10.2. The monoisotopic (exact) mass is 238 g/mol. The first-order chi connectivity index (χ1) is 8.06. The third kappa shape index (κ3) is 10.4. The Morgan fingerprint density at radius 1 is 1.12 bits per heavy atom. The van der Waals surface area contributed by atoms with Crippen LogP contribution in [0.15, 0.2) is 36.5 Å². The van der Waals surface area contributed by atoms with Gasteiger partial charge in [0.15, 0.2) is 0 Å². The lowest BCUT2D eigenvalue weighted by molar-refractivity contribution is -0.138. The van der Waals surface area contributed by atoms with Crippen LogP contribution in [0.2, 0.25) is 0 Å². The fourth-order valence-corrected chi connectivity index (χ4v) is 0.803. The number of hydrogen-bond donors (Lipinski definition) is 0. The maximum atomic E-state index is 11.0. The third-order valence-electron chi connectivity index (χ3n) is 1.62. The van der Waals surface area contributed by atoms with Crippen LogP contribution in [0, 0.1) is 5.92 Å². The van der Waals surface area contributed by atoms with Gasteiger partial charge in [0.1, 0.15) is 6.61 Å². The minimum Gasteiger partial charge on any atom is -0.466 e. The summed E-state index contributed by atoms with van der Waals surface area (Å²) in [5.41, 5.74) is 0. The van der Waals surface area contributed by atoms with E-state index in [-0.39, 0.29) is 6.61 Å². The van der Waals surface area contributed by atoms with Crippen molar-refractivity contribution in [3.8, 4) is 0 Å². The van der Waals surface area contributed by atoms with Crippen LogP contribution < -0.4 is 0 Å². The third-order valence-corrected chi connectivity index (χ3v) is 1.62. The smallest absolute Gasteiger partial charge is 0.331 e. The van der Waals surface area contributed by atoms with E-state index in [1.54, 1.807) is 12.2 Å². The van der Waals surface area contributed by atoms with Crippen molar-refractivity contribution in [1.82, 2.24) is 0 Å². The zero-order valence-electron chi connectivity index (χ0n) is 10.4. The van der Waals surface area contributed by atoms with Gasteiger partial charge in [-0.1, -0.05) is 32.1 Å². The number of esters is 2. The Hall–Kier alpha value is -1.84. The molecule has 17 heavy (non-hydrogen) atoms. The second-order valence-electron chi connectivity index (χ2n) is 3.54. The van der Waals surface area contributed by atoms with Gasteiger partial charge < -0.3 is 9.47 Å². The van der Waals surface area contributed by atoms with Gasteiger partial charge in [-0.15, -0.1) is 0 Å². The Morgan fingerprint density at radius 3 is 2.35 bits per heavy atom. The molecule has 0 saturated heterocycles. The molecular formula is C13H18O4. The molecule has 0 aliphatic rings. The molecule has 0 rings (SSSR count). The summed E-state index contributed by atoms with van der Waals surface area (Å²) in [6.07, 6.45) is 9.48. The highest BCUT2D eigenvalue weighted by Gasteiger charge is 1.97. The molecule has 4 heteroatoms. The molecule has 0 bridgehead atoms. The van der Waals surface area contributed by atoms with Gasteiger partial charge in [-0.05, 0) is 12.0 Å². The predicted octanol–water partition coefficient (Wildman–Crippen LogP) is 2.03. The Bertz CT molecular complexity index is 324. The van der Waals surface area contributed by atoms with E-state index in [1.807, 2.05) is 12.2 Å². The molecule has 0 amide bonds. The molecule has 0 aromatic heterocycles. The molecule has 0 aromatic rings. The number of carbonyl (C=O) groups excluding carboxylic acids is 2. The van der Waals surface area contributed by atoms with Crippen molar-refractivity contribution in [1.29, 1.82) is 0 Å². The van der Waals surface area contributed by atoms with Crippen molar-refractivity contribution in [2.45, 2.75) is 13.8 Å². The Balaban J connectivity index is 3.79. The van der Waals surface area contributed by atoms with Gasteiger partial charge in [-0.3, -0.25) is 0 Å². The highest BCUT2D eigenvalue weighted by Crippen LogP contribution is 1.93. The molecule has 0 N–H and O–H groups in total. The number of allylic oxidation sites excluding steroid dienone is 3. The molecule has 0 saturated carbocycles. The lowest BCUT2D eigenvalue weighted by Gasteiger charge is -1.95. The molecule has 0 heterocycles. The Labute approximate surface area is 102 Å². The largest absolute Gasteiger partial charge is 0.466 e. The zero-order valence-corrected chi connectivity index (χ0v) is 10.4. The molecular weight excluding hydrogens is 220 g/mol. The van der Waals surface area contributed by atoms with Crippen LogP contribution in [-0.4, -0.2) is 25.7 Å². The fourth-order valence-electron chi connectivity index (χ4n) is 0.803. The van der Waals surface area contributed by atoms with Crippen molar-refractivity contribution >= 4 is 11.9 Å². The Kier molecular flexibility index (Phi) is 8.37. The summed E-state index contributed by atoms with van der Waals surface area (Å²) in [5, 5.41) is 0. The first-order valence-electron chi connectivity index (χ1n) is 5.32. The van der Waals surface area contributed by atoms with Crippen LogP contribution in [0.1, 0.15) is 13.8 Å². The molecule has 0 fully saturated rings. The minimum absolute atomic E-state index is 0.173. The van der Waals surface area contributed by atoms with Crippen molar-refractivity contribution in [2.24, 2.45) is 5.92 Å². The summed E-state index contributed by atoms with van der Waals surface area (Å²) in [4.78, 5) is 21.7. The summed E-state index contributed by atoms with van der Waals surface area (Å²) >= 11 is 0. The molecule has 0 atom stereocenters. The summed E-state index contributed by atoms with van der Waals surface area (Å²) in [6.45, 7) is 4.32. The summed E-state index contributed by atoms with van der Waals surface area (Å²) in [7, 11) is 1.24. The number of methoxy groups -OCH3 is 1. The molecule has 0 aromatic carbocycles. The number of hydrogen-bond acceptors (Lipinski definition) is 4. The van der Waals surface area contributed by atoms with Crippen LogP contribution in [0.25, 0.3) is 0 Å². The maximum Gasteiger partial charge on any atom is 0.331 e. The molecule has 0 radical (unpaired) electrons. The minimum atomic E-state index is -0.586. The van der Waals surface area contributed by atoms with E-state index < -0.39 is 11.9 Å². The molecule has 0 spiro atoms. The van der Waals surface area contributed by atoms with E-state index in [0.29, 0.717) is 5.92 Å². The summed E-state index contributed by atoms with van der Waals surface area (Å²) in [6, 6.07) is 0. The van der Waals surface area contributed by atoms with Crippen LogP contribution in [-0.2, 0) is 19.1 Å². The Morgan fingerprint density at radius 2 is 1.76 bits per heavy atom. The molecule has 94 valence electrons. The topological polar surface area (TPSA) is 52.6 Å². The number of carbonyl (C=O) groups is 2. The molecule has 0 unspecified atom stereocenters. The van der Waals surface area contributed by atoms with Crippen molar-refractivity contribution in [3.05, 3.63) is 36.5 Å². The van der Waals surface area contributed by atoms with E-state index in [2.05, 4.69) is 18.6 Å². The van der Waals surface area contributed by atoms with Gasteiger partial charge in [0.2, 0.25) is 0 Å². The summed E-state index contributed by atoms with van der Waals surface area (Å²) < 4.78 is 9.11. The van der Waals surface area contributed by atoms with Crippen LogP contribution in [0.5, 0.6) is 0 Å². The second kappa shape index (κ2) is 9.39. The van der Waals surface area contributed by atoms with Crippen molar-refractivity contribution < 1.29 is 19.1 Å². The first kappa shape index (κ1) is 15.2. The summed E-state index contributed by atoms with van der Waals surface area (Å²) in [5.74, 6) is -0.671. The standard InChI is InChI=1S/C13H18O4/c1-11(2)7-5-4-6-10-17-13(15)9-8-12(14)16-3/h4-9,11H,10H2,1-3H3/b6-4+,7-5+,9-8-. The first-order valence-corrected chi connectivity index (χ1v) is 5.32. The molecule has 0 aliphatic carbocycles. The van der Waals surface area contributed by atoms with E-state index in [0.717, 1.165) is 12.2 Å². The second-order valence-corrected chi connectivity index (χ2v) is 3.54. The van der Waals surface area contributed by atoms with Crippen LogP contribution >= 0.6 is 0 Å². The van der Waals surface area contributed by atoms with Crippen LogP contribution in [0.4, 0.5) is 0 Å². The van der Waals surface area contributed by atoms with Crippen LogP contribution in [0.3, 0.4) is 0 Å². The lowest BCUT2D eigenvalue weighted by Crippen LogP contribution is -2.02. The van der Waals surface area contributed by atoms with E-state index in [1.165, 1.54) is 7.11 Å². The van der Waals surface area contributed by atoms with Crippen molar-refractivity contribution in [3.63, 3.8) is 0 Å². The van der Waals surface area contributed by atoms with E-state index >= 15 is 0 Å². The highest BCUT2D eigenvalue weighted by atomic mass is 16.5. The predicted molar refractivity (Wildman–Crippen MR) is 65.2 cm³/mol. The average molecular weight is 238 g/mol. The normalized spacial score (nSPS) is 11.8. The van der Waals surface area contributed by atoms with Gasteiger partial charge in [-0.2, -0.15) is 0 Å². The zero-order chi connectivity index (χ0) is 13.1.